The number of rotatable bonds is 5. The fraction of sp³-hybridized carbons (Fsp3) is 0.355. The normalized spacial score (nSPS) is 22.2. The van der Waals surface area contributed by atoms with Crippen molar-refractivity contribution in [1.29, 1.82) is 0 Å². The summed E-state index contributed by atoms with van der Waals surface area (Å²) >= 11 is 0. The maximum absolute atomic E-state index is 4.81. The lowest BCUT2D eigenvalue weighted by Crippen LogP contribution is -2.29. The first-order valence-electron chi connectivity index (χ1n) is 13.4. The molecule has 0 radical (unpaired) electrons. The van der Waals surface area contributed by atoms with Crippen LogP contribution >= 0.6 is 0 Å². The summed E-state index contributed by atoms with van der Waals surface area (Å²) < 4.78 is 0. The number of nitrogens with zero attached hydrogens (tertiary/aromatic N) is 4. The molecule has 5 heterocycles. The molecule has 0 spiro atoms. The lowest BCUT2D eigenvalue weighted by molar-refractivity contribution is 0.722. The molecule has 36 heavy (non-hydrogen) atoms. The van der Waals surface area contributed by atoms with Gasteiger partial charge in [0.05, 0.1) is 11.2 Å². The van der Waals surface area contributed by atoms with Gasteiger partial charge in [0.2, 0.25) is 0 Å². The number of nitrogens with one attached hydrogen (secondary N) is 1. The number of hydrogen-bond acceptors (Lipinski definition) is 5. The van der Waals surface area contributed by atoms with E-state index in [4.69, 9.17) is 20.0 Å². The van der Waals surface area contributed by atoms with Crippen LogP contribution in [0.5, 0.6) is 0 Å². The second-order valence-electron chi connectivity index (χ2n) is 10.6. The van der Waals surface area contributed by atoms with Gasteiger partial charge in [-0.3, -0.25) is 20.0 Å². The standard InChI is InChI=1S/C31H31N5/c1-2-5-20(4-1)29-14-26(19-34-29)24-12-21-7-8-22(13-30(21)35-17-24)27-10-9-23(16-33-27)25-15-31(36-18-25)28-6-3-11-32-28/h7-10,12-13,16-20,28,32H,1-6,11,14-15H2/t28-/m0/s1. The maximum Gasteiger partial charge on any atom is 0.0709 e. The summed E-state index contributed by atoms with van der Waals surface area (Å²) in [4.78, 5) is 19.1. The van der Waals surface area contributed by atoms with Crippen molar-refractivity contribution in [2.75, 3.05) is 6.54 Å². The zero-order chi connectivity index (χ0) is 23.9. The van der Waals surface area contributed by atoms with Crippen LogP contribution in [0.4, 0.5) is 0 Å². The first-order chi connectivity index (χ1) is 17.8. The Balaban J connectivity index is 1.05. The summed E-state index contributed by atoms with van der Waals surface area (Å²) in [5.74, 6) is 0.692. The number of aliphatic imine (C=N–C) groups is 2. The third kappa shape index (κ3) is 4.11. The van der Waals surface area contributed by atoms with Crippen molar-refractivity contribution in [2.24, 2.45) is 15.9 Å². The quantitative estimate of drug-likeness (QED) is 0.453. The van der Waals surface area contributed by atoms with Crippen LogP contribution in [0.2, 0.25) is 0 Å². The third-order valence-corrected chi connectivity index (χ3v) is 8.29. The molecule has 4 aliphatic rings. The van der Waals surface area contributed by atoms with Crippen LogP contribution in [0.25, 0.3) is 33.3 Å². The van der Waals surface area contributed by atoms with Crippen LogP contribution in [-0.2, 0) is 0 Å². The highest BCUT2D eigenvalue weighted by atomic mass is 15.0. The minimum Gasteiger partial charge on any atom is -0.309 e. The van der Waals surface area contributed by atoms with Crippen LogP contribution in [0.15, 0.2) is 71.2 Å². The summed E-state index contributed by atoms with van der Waals surface area (Å²) in [6, 6.07) is 13.5. The van der Waals surface area contributed by atoms with E-state index < -0.39 is 0 Å². The molecule has 2 fully saturated rings. The summed E-state index contributed by atoms with van der Waals surface area (Å²) in [5.41, 5.74) is 10.6. The Morgan fingerprint density at radius 2 is 1.47 bits per heavy atom. The molecule has 3 aromatic rings. The maximum atomic E-state index is 4.81. The van der Waals surface area contributed by atoms with Crippen molar-refractivity contribution in [1.82, 2.24) is 15.3 Å². The Kier molecular flexibility index (Phi) is 5.58. The Hall–Kier alpha value is -3.44. The number of pyridine rings is 2. The second kappa shape index (κ2) is 9.21. The Morgan fingerprint density at radius 1 is 0.694 bits per heavy atom. The van der Waals surface area contributed by atoms with Crippen LogP contribution in [0.3, 0.4) is 0 Å². The van der Waals surface area contributed by atoms with Crippen LogP contribution in [0, 0.1) is 5.92 Å². The molecule has 7 rings (SSSR count). The predicted molar refractivity (Wildman–Crippen MR) is 148 cm³/mol. The minimum absolute atomic E-state index is 0.448. The molecule has 5 heteroatoms. The highest BCUT2D eigenvalue weighted by Gasteiger charge is 2.25. The Morgan fingerprint density at radius 3 is 2.28 bits per heavy atom. The monoisotopic (exact) mass is 473 g/mol. The van der Waals surface area contributed by atoms with Crippen molar-refractivity contribution < 1.29 is 0 Å². The zero-order valence-electron chi connectivity index (χ0n) is 20.6. The smallest absolute Gasteiger partial charge is 0.0709 e. The summed E-state index contributed by atoms with van der Waals surface area (Å²) in [6.45, 7) is 1.10. The molecule has 0 bridgehead atoms. The van der Waals surface area contributed by atoms with Gasteiger partial charge in [0.15, 0.2) is 0 Å². The summed E-state index contributed by atoms with van der Waals surface area (Å²) in [7, 11) is 0. The molecule has 0 unspecified atom stereocenters. The fourth-order valence-electron chi connectivity index (χ4n) is 6.15. The van der Waals surface area contributed by atoms with E-state index >= 15 is 0 Å². The van der Waals surface area contributed by atoms with Gasteiger partial charge in [-0.1, -0.05) is 31.0 Å². The van der Waals surface area contributed by atoms with Crippen molar-refractivity contribution in [3.8, 4) is 11.3 Å². The average molecular weight is 474 g/mol. The van der Waals surface area contributed by atoms with Crippen molar-refractivity contribution in [3.63, 3.8) is 0 Å². The SMILES string of the molecule is C1=C(c2cnc3cc(-c4ccc(C5=CN=C([C@@H]6CCCN6)C5)cn4)ccc3c2)CC(C2CCCC2)=N1. The van der Waals surface area contributed by atoms with Gasteiger partial charge in [-0.25, -0.2) is 0 Å². The number of fused-ring (bicyclic) bond motifs is 1. The summed E-state index contributed by atoms with van der Waals surface area (Å²) in [6.07, 6.45) is 17.7. The van der Waals surface area contributed by atoms with E-state index in [1.165, 1.54) is 66.7 Å². The molecule has 0 amide bonds. The van der Waals surface area contributed by atoms with E-state index in [0.29, 0.717) is 12.0 Å². The molecular weight excluding hydrogens is 442 g/mol. The Bertz CT molecular complexity index is 1430. The zero-order valence-corrected chi connectivity index (χ0v) is 20.6. The molecule has 1 aliphatic carbocycles. The lowest BCUT2D eigenvalue weighted by atomic mass is 9.94. The van der Waals surface area contributed by atoms with Gasteiger partial charge in [-0.2, -0.15) is 0 Å². The molecular formula is C31H31N5. The second-order valence-corrected chi connectivity index (χ2v) is 10.6. The highest BCUT2D eigenvalue weighted by molar-refractivity contribution is 6.02. The van der Waals surface area contributed by atoms with Crippen molar-refractivity contribution in [3.05, 3.63) is 72.3 Å². The number of allylic oxidation sites excluding steroid dienone is 2. The lowest BCUT2D eigenvalue weighted by Gasteiger charge is -2.11. The molecule has 1 N–H and O–H groups in total. The van der Waals surface area contributed by atoms with E-state index in [-0.39, 0.29) is 0 Å². The van der Waals surface area contributed by atoms with Gasteiger partial charge >= 0.3 is 0 Å². The van der Waals surface area contributed by atoms with Crippen LogP contribution in [0.1, 0.15) is 62.5 Å². The first kappa shape index (κ1) is 21.8. The van der Waals surface area contributed by atoms with Crippen LogP contribution < -0.4 is 5.32 Å². The molecule has 1 aromatic carbocycles. The topological polar surface area (TPSA) is 62.5 Å². The molecule has 180 valence electrons. The summed E-state index contributed by atoms with van der Waals surface area (Å²) in [5, 5.41) is 4.71. The fourth-order valence-corrected chi connectivity index (χ4v) is 6.15. The third-order valence-electron chi connectivity index (χ3n) is 8.29. The van der Waals surface area contributed by atoms with E-state index in [9.17, 15) is 0 Å². The van der Waals surface area contributed by atoms with Crippen LogP contribution in [-0.4, -0.2) is 34.0 Å². The molecule has 1 atom stereocenters. The van der Waals surface area contributed by atoms with Gasteiger partial charge < -0.3 is 5.32 Å². The van der Waals surface area contributed by atoms with E-state index in [1.54, 1.807) is 0 Å². The number of hydrogen-bond donors (Lipinski definition) is 1. The largest absolute Gasteiger partial charge is 0.309 e. The average Bonchev–Trinajstić information content (AvgIpc) is 3.75. The first-order valence-corrected chi connectivity index (χ1v) is 13.4. The molecule has 2 aromatic heterocycles. The van der Waals surface area contributed by atoms with Gasteiger partial charge in [0.1, 0.15) is 0 Å². The number of aromatic nitrogens is 2. The van der Waals surface area contributed by atoms with E-state index in [0.717, 1.165) is 47.1 Å². The van der Waals surface area contributed by atoms with Gasteiger partial charge in [-0.05, 0) is 78.6 Å². The Labute approximate surface area is 212 Å². The van der Waals surface area contributed by atoms with Gasteiger partial charge in [0, 0.05) is 66.1 Å². The van der Waals surface area contributed by atoms with Gasteiger partial charge in [0.25, 0.3) is 0 Å². The molecule has 1 saturated carbocycles. The van der Waals surface area contributed by atoms with Crippen molar-refractivity contribution >= 4 is 33.5 Å². The minimum atomic E-state index is 0.448. The molecule has 3 aliphatic heterocycles. The van der Waals surface area contributed by atoms with Gasteiger partial charge in [-0.15, -0.1) is 0 Å². The highest BCUT2D eigenvalue weighted by Crippen LogP contribution is 2.34. The molecule has 1 saturated heterocycles. The molecule has 5 nitrogen and oxygen atoms in total. The van der Waals surface area contributed by atoms with E-state index in [2.05, 4.69) is 47.9 Å². The van der Waals surface area contributed by atoms with E-state index in [1.807, 2.05) is 18.6 Å². The predicted octanol–water partition coefficient (Wildman–Crippen LogP) is 6.61. The van der Waals surface area contributed by atoms with Crippen molar-refractivity contribution in [2.45, 2.75) is 57.4 Å². The number of benzene rings is 1.